The van der Waals surface area contributed by atoms with E-state index < -0.39 is 0 Å². The summed E-state index contributed by atoms with van der Waals surface area (Å²) in [5.74, 6) is 1.01. The number of allylic oxidation sites excluding steroid dienone is 4. The molecule has 0 radical (unpaired) electrons. The van der Waals surface area contributed by atoms with E-state index in [9.17, 15) is 0 Å². The van der Waals surface area contributed by atoms with Crippen molar-refractivity contribution in [3.05, 3.63) is 60.2 Å². The summed E-state index contributed by atoms with van der Waals surface area (Å²) in [6, 6.07) is 10.4. The lowest BCUT2D eigenvalue weighted by Gasteiger charge is -2.08. The lowest BCUT2D eigenvalue weighted by atomic mass is 9.99. The predicted octanol–water partition coefficient (Wildman–Crippen LogP) is 3.71. The van der Waals surface area contributed by atoms with E-state index in [1.807, 2.05) is 19.9 Å². The van der Waals surface area contributed by atoms with Crippen LogP contribution >= 0.6 is 0 Å². The van der Waals surface area contributed by atoms with E-state index in [1.165, 1.54) is 11.1 Å². The SMILES string of the molecule is C[C-](C)[O+]=C1C=CC(c2ccccc2)=CC1. The first-order valence-corrected chi connectivity index (χ1v) is 5.53. The molecule has 1 nitrogen and oxygen atoms in total. The molecule has 1 aliphatic carbocycles. The molecule has 0 unspecified atom stereocenters. The molecular weight excluding hydrogens is 196 g/mol. The number of hydrogen-bond acceptors (Lipinski definition) is 0. The average Bonchev–Trinajstić information content (AvgIpc) is 2.30. The quantitative estimate of drug-likeness (QED) is 0.523. The molecule has 1 aliphatic rings. The Bertz CT molecular complexity index is 436. The maximum Gasteiger partial charge on any atom is 0.181 e. The van der Waals surface area contributed by atoms with Crippen molar-refractivity contribution in [2.75, 3.05) is 0 Å². The van der Waals surface area contributed by atoms with Gasteiger partial charge in [-0.2, -0.15) is 0 Å². The van der Waals surface area contributed by atoms with E-state index in [-0.39, 0.29) is 0 Å². The Morgan fingerprint density at radius 2 is 1.81 bits per heavy atom. The van der Waals surface area contributed by atoms with Crippen LogP contribution in [0.4, 0.5) is 0 Å². The van der Waals surface area contributed by atoms with E-state index in [4.69, 9.17) is 4.42 Å². The second-order valence-corrected chi connectivity index (χ2v) is 4.04. The van der Waals surface area contributed by atoms with Gasteiger partial charge < -0.3 is 4.42 Å². The second kappa shape index (κ2) is 4.84. The molecule has 0 aromatic heterocycles. The molecule has 0 spiro atoms. The van der Waals surface area contributed by atoms with Gasteiger partial charge in [-0.3, -0.25) is 0 Å². The van der Waals surface area contributed by atoms with Gasteiger partial charge in [0.2, 0.25) is 0 Å². The van der Waals surface area contributed by atoms with Crippen molar-refractivity contribution in [1.82, 2.24) is 0 Å². The third-order valence-corrected chi connectivity index (χ3v) is 2.41. The first kappa shape index (κ1) is 10.7. The van der Waals surface area contributed by atoms with Gasteiger partial charge in [-0.1, -0.05) is 42.5 Å². The number of hydrogen-bond donors (Lipinski definition) is 0. The number of carbonyl (C=O) groups excluding carboxylic acids is 1. The normalized spacial score (nSPS) is 17.4. The molecule has 0 bridgehead atoms. The van der Waals surface area contributed by atoms with Gasteiger partial charge in [0.15, 0.2) is 5.78 Å². The summed E-state index contributed by atoms with van der Waals surface area (Å²) in [5.41, 5.74) is 2.52. The smallest absolute Gasteiger partial charge is 0.181 e. The van der Waals surface area contributed by atoms with E-state index in [2.05, 4.69) is 42.5 Å². The molecule has 0 heterocycles. The number of rotatable bonds is 2. The zero-order valence-electron chi connectivity index (χ0n) is 9.73. The summed E-state index contributed by atoms with van der Waals surface area (Å²) < 4.78 is 5.58. The lowest BCUT2D eigenvalue weighted by Crippen LogP contribution is -2.02. The topological polar surface area (TPSA) is 11.3 Å². The minimum atomic E-state index is 0.867. The fourth-order valence-corrected chi connectivity index (χ4v) is 1.71. The Morgan fingerprint density at radius 3 is 2.38 bits per heavy atom. The van der Waals surface area contributed by atoms with E-state index in [0.717, 1.165) is 18.3 Å². The molecule has 82 valence electrons. The summed E-state index contributed by atoms with van der Waals surface area (Å²) in [6.45, 7) is 3.94. The highest BCUT2D eigenvalue weighted by atomic mass is 16.4. The summed E-state index contributed by atoms with van der Waals surface area (Å²) >= 11 is 0. The summed E-state index contributed by atoms with van der Waals surface area (Å²) in [7, 11) is 0. The molecule has 2 rings (SSSR count). The van der Waals surface area contributed by atoms with Gasteiger partial charge in [-0.15, -0.1) is 0 Å². The van der Waals surface area contributed by atoms with E-state index in [0.29, 0.717) is 0 Å². The van der Waals surface area contributed by atoms with Crippen LogP contribution in [0.1, 0.15) is 25.8 Å². The molecule has 0 amide bonds. The van der Waals surface area contributed by atoms with Crippen molar-refractivity contribution in [3.8, 4) is 0 Å². The van der Waals surface area contributed by atoms with Crippen molar-refractivity contribution in [2.24, 2.45) is 0 Å². The van der Waals surface area contributed by atoms with Crippen LogP contribution < -0.4 is 0 Å². The first-order chi connectivity index (χ1) is 7.75. The van der Waals surface area contributed by atoms with Crippen LogP contribution in [0.3, 0.4) is 0 Å². The fraction of sp³-hybridized carbons (Fsp3) is 0.200. The van der Waals surface area contributed by atoms with Crippen LogP contribution in [-0.2, 0) is 4.42 Å². The molecule has 0 atom stereocenters. The first-order valence-electron chi connectivity index (χ1n) is 5.53. The van der Waals surface area contributed by atoms with E-state index in [1.54, 1.807) is 0 Å². The molecule has 0 fully saturated rings. The van der Waals surface area contributed by atoms with Crippen molar-refractivity contribution >= 4 is 11.4 Å². The molecule has 1 heteroatoms. The number of ketones is 1. The molecule has 0 saturated heterocycles. The molecule has 0 aliphatic heterocycles. The van der Waals surface area contributed by atoms with Crippen molar-refractivity contribution in [2.45, 2.75) is 20.3 Å². The lowest BCUT2D eigenvalue weighted by molar-refractivity contribution is -0.437. The highest BCUT2D eigenvalue weighted by Crippen LogP contribution is 2.19. The standard InChI is InChI=1S/C15H16O/c1-12(2)16-15-10-8-14(9-11-15)13-6-4-3-5-7-13/h3-10H,11H2,1-2H3. The van der Waals surface area contributed by atoms with Gasteiger partial charge >= 0.3 is 0 Å². The van der Waals surface area contributed by atoms with Crippen LogP contribution in [-0.4, -0.2) is 5.78 Å². The Kier molecular flexibility index (Phi) is 3.25. The summed E-state index contributed by atoms with van der Waals surface area (Å²) in [4.78, 5) is 0. The van der Waals surface area contributed by atoms with Gasteiger partial charge in [0.1, 0.15) is 6.10 Å². The molecule has 1 aromatic carbocycles. The monoisotopic (exact) mass is 212 g/mol. The summed E-state index contributed by atoms with van der Waals surface area (Å²) in [5, 5.41) is 0. The van der Waals surface area contributed by atoms with Crippen LogP contribution in [0.5, 0.6) is 0 Å². The van der Waals surface area contributed by atoms with E-state index >= 15 is 0 Å². The van der Waals surface area contributed by atoms with Gasteiger partial charge in [0.25, 0.3) is 0 Å². The van der Waals surface area contributed by atoms with Gasteiger partial charge in [-0.25, -0.2) is 0 Å². The zero-order chi connectivity index (χ0) is 11.4. The van der Waals surface area contributed by atoms with Gasteiger partial charge in [0, 0.05) is 6.42 Å². The number of benzene rings is 1. The molecular formula is C15H16O. The fourth-order valence-electron chi connectivity index (χ4n) is 1.71. The second-order valence-electron chi connectivity index (χ2n) is 4.04. The Morgan fingerprint density at radius 1 is 1.06 bits per heavy atom. The average molecular weight is 212 g/mol. The Hall–Kier alpha value is -1.76. The highest BCUT2D eigenvalue weighted by molar-refractivity contribution is 5.98. The van der Waals surface area contributed by atoms with Crippen molar-refractivity contribution in [3.63, 3.8) is 0 Å². The van der Waals surface area contributed by atoms with Crippen LogP contribution in [0.2, 0.25) is 0 Å². The van der Waals surface area contributed by atoms with Crippen molar-refractivity contribution < 1.29 is 4.42 Å². The predicted molar refractivity (Wildman–Crippen MR) is 67.8 cm³/mol. The third kappa shape index (κ3) is 2.63. The largest absolute Gasteiger partial charge is 0.393 e. The zero-order valence-corrected chi connectivity index (χ0v) is 9.73. The maximum absolute atomic E-state index is 5.58. The molecule has 16 heavy (non-hydrogen) atoms. The summed E-state index contributed by atoms with van der Waals surface area (Å²) in [6.07, 6.45) is 8.21. The third-order valence-electron chi connectivity index (χ3n) is 2.41. The molecule has 0 N–H and O–H groups in total. The Labute approximate surface area is 96.8 Å². The van der Waals surface area contributed by atoms with Crippen LogP contribution in [0.15, 0.2) is 48.6 Å². The Balaban J connectivity index is 2.14. The van der Waals surface area contributed by atoms with Crippen LogP contribution in [0, 0.1) is 6.10 Å². The highest BCUT2D eigenvalue weighted by Gasteiger charge is 2.06. The van der Waals surface area contributed by atoms with Crippen LogP contribution in [0.25, 0.3) is 5.57 Å². The minimum absolute atomic E-state index is 0.867. The van der Waals surface area contributed by atoms with Gasteiger partial charge in [0.05, 0.1) is 0 Å². The molecule has 1 aromatic rings. The minimum Gasteiger partial charge on any atom is -0.393 e. The van der Waals surface area contributed by atoms with Gasteiger partial charge in [-0.05, 0) is 31.1 Å². The maximum atomic E-state index is 5.58. The molecule has 0 saturated carbocycles. The van der Waals surface area contributed by atoms with Crippen molar-refractivity contribution in [1.29, 1.82) is 0 Å².